The number of aromatic nitrogens is 2. The van der Waals surface area contributed by atoms with Crippen LogP contribution in [0.1, 0.15) is 35.8 Å². The fourth-order valence-corrected chi connectivity index (χ4v) is 4.00. The molecule has 0 saturated carbocycles. The summed E-state index contributed by atoms with van der Waals surface area (Å²) in [7, 11) is 0. The Morgan fingerprint density at radius 3 is 2.77 bits per heavy atom. The van der Waals surface area contributed by atoms with Crippen LogP contribution >= 0.6 is 0 Å². The Morgan fingerprint density at radius 1 is 1.23 bits per heavy atom. The number of anilines is 1. The number of ether oxygens (including phenoxy) is 1. The number of alkyl halides is 3. The number of carbonyl (C=O) groups excluding carboxylic acids is 1. The summed E-state index contributed by atoms with van der Waals surface area (Å²) in [6, 6.07) is 5.96. The second-order valence-corrected chi connectivity index (χ2v) is 7.62. The molecule has 0 radical (unpaired) electrons. The van der Waals surface area contributed by atoms with Crippen molar-refractivity contribution in [1.82, 2.24) is 14.9 Å². The average Bonchev–Trinajstić information content (AvgIpc) is 2.72. The van der Waals surface area contributed by atoms with E-state index in [1.54, 1.807) is 23.2 Å². The Morgan fingerprint density at radius 2 is 2.07 bits per heavy atom. The second kappa shape index (κ2) is 8.12. The fourth-order valence-electron chi connectivity index (χ4n) is 4.00. The molecule has 0 spiro atoms. The fraction of sp³-hybridized carbons (Fsp3) is 0.476. The van der Waals surface area contributed by atoms with Crippen molar-refractivity contribution < 1.29 is 22.7 Å². The standard InChI is InChI=1S/C21H23F3N4O2/c1-2-10-30-17-4-3-8-25-19(17)20(29)27-9-7-14-12-28(16(14)13-27)18-6-5-15(11-26-18)21(22,23)24/h3-6,8,11,14,16H,2,7,9-10,12-13H2,1H3. The molecule has 160 valence electrons. The van der Waals surface area contributed by atoms with Gasteiger partial charge >= 0.3 is 6.18 Å². The van der Waals surface area contributed by atoms with E-state index in [0.717, 1.165) is 31.6 Å². The highest BCUT2D eigenvalue weighted by molar-refractivity contribution is 5.95. The molecule has 2 fully saturated rings. The molecule has 0 aliphatic carbocycles. The number of halogens is 3. The summed E-state index contributed by atoms with van der Waals surface area (Å²) in [5.74, 6) is 1.19. The van der Waals surface area contributed by atoms with E-state index in [0.29, 0.717) is 42.9 Å². The number of carbonyl (C=O) groups is 1. The summed E-state index contributed by atoms with van der Waals surface area (Å²) in [4.78, 5) is 25.0. The highest BCUT2D eigenvalue weighted by Gasteiger charge is 2.45. The van der Waals surface area contributed by atoms with Crippen LogP contribution in [-0.4, -0.2) is 53.1 Å². The maximum atomic E-state index is 13.1. The Kier molecular flexibility index (Phi) is 5.53. The first-order valence-corrected chi connectivity index (χ1v) is 10.1. The van der Waals surface area contributed by atoms with Crippen LogP contribution in [0.25, 0.3) is 0 Å². The molecule has 2 aromatic heterocycles. The van der Waals surface area contributed by atoms with Crippen LogP contribution in [0.2, 0.25) is 0 Å². The molecule has 0 aromatic carbocycles. The molecule has 0 N–H and O–H groups in total. The molecule has 2 aliphatic heterocycles. The van der Waals surface area contributed by atoms with E-state index in [2.05, 4.69) is 9.97 Å². The largest absolute Gasteiger partial charge is 0.491 e. The molecular weight excluding hydrogens is 397 g/mol. The van der Waals surface area contributed by atoms with E-state index in [1.165, 1.54) is 6.07 Å². The van der Waals surface area contributed by atoms with Gasteiger partial charge < -0.3 is 14.5 Å². The Hall–Kier alpha value is -2.84. The summed E-state index contributed by atoms with van der Waals surface area (Å²) in [6.07, 6.45) is -0.311. The first-order valence-electron chi connectivity index (χ1n) is 10.1. The Labute approximate surface area is 172 Å². The number of amides is 1. The zero-order valence-corrected chi connectivity index (χ0v) is 16.6. The maximum Gasteiger partial charge on any atom is 0.417 e. The smallest absolute Gasteiger partial charge is 0.417 e. The van der Waals surface area contributed by atoms with Gasteiger partial charge in [0.2, 0.25) is 0 Å². The van der Waals surface area contributed by atoms with Gasteiger partial charge in [0.25, 0.3) is 5.91 Å². The predicted molar refractivity (Wildman–Crippen MR) is 104 cm³/mol. The molecule has 2 saturated heterocycles. The van der Waals surface area contributed by atoms with Crippen LogP contribution in [0, 0.1) is 5.92 Å². The van der Waals surface area contributed by atoms with Crippen LogP contribution < -0.4 is 9.64 Å². The molecule has 2 aromatic rings. The number of piperidine rings is 1. The van der Waals surface area contributed by atoms with Gasteiger partial charge in [0.1, 0.15) is 5.82 Å². The van der Waals surface area contributed by atoms with Crippen LogP contribution in [0.3, 0.4) is 0 Å². The minimum Gasteiger partial charge on any atom is -0.491 e. The summed E-state index contributed by atoms with van der Waals surface area (Å²) in [5, 5.41) is 0. The third kappa shape index (κ3) is 3.93. The highest BCUT2D eigenvalue weighted by atomic mass is 19.4. The SMILES string of the molecule is CCCOc1cccnc1C(=O)N1CCC2CN(c3ccc(C(F)(F)F)cn3)C2C1. The van der Waals surface area contributed by atoms with Crippen molar-refractivity contribution in [2.24, 2.45) is 5.92 Å². The number of hydrogen-bond acceptors (Lipinski definition) is 5. The van der Waals surface area contributed by atoms with Gasteiger partial charge in [0, 0.05) is 37.9 Å². The van der Waals surface area contributed by atoms with Crippen LogP contribution in [0.15, 0.2) is 36.7 Å². The molecule has 2 atom stereocenters. The first-order chi connectivity index (χ1) is 14.4. The van der Waals surface area contributed by atoms with E-state index < -0.39 is 11.7 Å². The third-order valence-corrected chi connectivity index (χ3v) is 5.64. The molecule has 9 heteroatoms. The molecule has 4 rings (SSSR count). The third-order valence-electron chi connectivity index (χ3n) is 5.64. The molecule has 1 amide bonds. The van der Waals surface area contributed by atoms with Gasteiger partial charge in [-0.05, 0) is 37.1 Å². The minimum atomic E-state index is -4.41. The lowest BCUT2D eigenvalue weighted by molar-refractivity contribution is -0.137. The van der Waals surface area contributed by atoms with Gasteiger partial charge in [-0.15, -0.1) is 0 Å². The van der Waals surface area contributed by atoms with Crippen molar-refractivity contribution in [3.8, 4) is 5.75 Å². The topological polar surface area (TPSA) is 58.6 Å². The number of pyridine rings is 2. The molecule has 6 nitrogen and oxygen atoms in total. The van der Waals surface area contributed by atoms with Crippen LogP contribution in [-0.2, 0) is 6.18 Å². The van der Waals surface area contributed by atoms with Gasteiger partial charge in [0.15, 0.2) is 11.4 Å². The quantitative estimate of drug-likeness (QED) is 0.739. The molecule has 2 aliphatic rings. The number of fused-ring (bicyclic) bond motifs is 1. The van der Waals surface area contributed by atoms with Crippen molar-refractivity contribution in [3.63, 3.8) is 0 Å². The molecule has 2 unspecified atom stereocenters. The first kappa shape index (κ1) is 20.4. The predicted octanol–water partition coefficient (Wildman–Crippen LogP) is 3.64. The van der Waals surface area contributed by atoms with E-state index in [4.69, 9.17) is 4.74 Å². The normalized spacial score (nSPS) is 21.1. The lowest BCUT2D eigenvalue weighted by Crippen LogP contribution is -2.65. The van der Waals surface area contributed by atoms with Crippen molar-refractivity contribution in [2.75, 3.05) is 31.1 Å². The van der Waals surface area contributed by atoms with Gasteiger partial charge in [-0.25, -0.2) is 9.97 Å². The molecule has 30 heavy (non-hydrogen) atoms. The summed E-state index contributed by atoms with van der Waals surface area (Å²) >= 11 is 0. The lowest BCUT2D eigenvalue weighted by atomic mass is 9.82. The van der Waals surface area contributed by atoms with E-state index in [1.807, 2.05) is 11.8 Å². The number of rotatable bonds is 5. The van der Waals surface area contributed by atoms with Crippen molar-refractivity contribution in [1.29, 1.82) is 0 Å². The van der Waals surface area contributed by atoms with Crippen molar-refractivity contribution in [3.05, 3.63) is 47.9 Å². The zero-order valence-electron chi connectivity index (χ0n) is 16.6. The summed E-state index contributed by atoms with van der Waals surface area (Å²) in [5.41, 5.74) is -0.471. The maximum absolute atomic E-state index is 13.1. The van der Waals surface area contributed by atoms with Gasteiger partial charge in [-0.2, -0.15) is 13.2 Å². The summed E-state index contributed by atoms with van der Waals surface area (Å²) in [6.45, 7) is 4.33. The number of hydrogen-bond donors (Lipinski definition) is 0. The van der Waals surface area contributed by atoms with Gasteiger partial charge in [0.05, 0.1) is 18.2 Å². The zero-order chi connectivity index (χ0) is 21.3. The summed E-state index contributed by atoms with van der Waals surface area (Å²) < 4.78 is 44.0. The minimum absolute atomic E-state index is 0.0376. The molecule has 4 heterocycles. The lowest BCUT2D eigenvalue weighted by Gasteiger charge is -2.54. The highest BCUT2D eigenvalue weighted by Crippen LogP contribution is 2.37. The average molecular weight is 420 g/mol. The van der Waals surface area contributed by atoms with E-state index in [-0.39, 0.29) is 11.9 Å². The van der Waals surface area contributed by atoms with Gasteiger partial charge in [-0.3, -0.25) is 4.79 Å². The van der Waals surface area contributed by atoms with E-state index in [9.17, 15) is 18.0 Å². The Balaban J connectivity index is 1.46. The second-order valence-electron chi connectivity index (χ2n) is 7.62. The van der Waals surface area contributed by atoms with Crippen LogP contribution in [0.5, 0.6) is 5.75 Å². The monoisotopic (exact) mass is 420 g/mol. The van der Waals surface area contributed by atoms with E-state index >= 15 is 0 Å². The van der Waals surface area contributed by atoms with Crippen molar-refractivity contribution >= 4 is 11.7 Å². The Bertz CT molecular complexity index is 904. The van der Waals surface area contributed by atoms with Crippen molar-refractivity contribution in [2.45, 2.75) is 32.0 Å². The number of likely N-dealkylation sites (tertiary alicyclic amines) is 1. The molecule has 0 bridgehead atoms. The van der Waals surface area contributed by atoms with Crippen LogP contribution in [0.4, 0.5) is 19.0 Å². The van der Waals surface area contributed by atoms with Gasteiger partial charge in [-0.1, -0.05) is 6.92 Å². The number of nitrogens with zero attached hydrogens (tertiary/aromatic N) is 4. The molecular formula is C21H23F3N4O2.